The predicted molar refractivity (Wildman–Crippen MR) is 120 cm³/mol. The van der Waals surface area contributed by atoms with Crippen LogP contribution < -0.4 is 5.32 Å². The van der Waals surface area contributed by atoms with E-state index in [4.69, 9.17) is 0 Å². The van der Waals surface area contributed by atoms with Crippen LogP contribution in [0.15, 0.2) is 24.3 Å². The molecule has 1 fully saturated rings. The third-order valence-electron chi connectivity index (χ3n) is 5.85. The maximum absolute atomic E-state index is 13.3. The van der Waals surface area contributed by atoms with Crippen molar-refractivity contribution >= 4 is 17.8 Å². The van der Waals surface area contributed by atoms with Crippen LogP contribution in [0.2, 0.25) is 0 Å². The minimum absolute atomic E-state index is 0.0302. The van der Waals surface area contributed by atoms with Crippen molar-refractivity contribution in [1.29, 1.82) is 5.26 Å². The second kappa shape index (κ2) is 9.83. The highest BCUT2D eigenvalue weighted by atomic mass is 19.1. The van der Waals surface area contributed by atoms with Crippen molar-refractivity contribution < 1.29 is 14.0 Å². The summed E-state index contributed by atoms with van der Waals surface area (Å²) in [5.41, 5.74) is 2.98. The average Bonchev–Trinajstić information content (AvgIpc) is 2.98. The fraction of sp³-hybridized carbons (Fsp3) is 0.435. The Bertz CT molecular complexity index is 1030. The van der Waals surface area contributed by atoms with Gasteiger partial charge >= 0.3 is 6.03 Å². The fourth-order valence-corrected chi connectivity index (χ4v) is 3.86. The summed E-state index contributed by atoms with van der Waals surface area (Å²) in [6.45, 7) is 6.67. The van der Waals surface area contributed by atoms with E-state index in [-0.39, 0.29) is 24.3 Å². The number of nitriles is 1. The van der Waals surface area contributed by atoms with E-state index in [1.807, 2.05) is 23.3 Å². The van der Waals surface area contributed by atoms with Crippen LogP contribution in [0.5, 0.6) is 0 Å². The van der Waals surface area contributed by atoms with Crippen molar-refractivity contribution in [3.05, 3.63) is 52.5 Å². The molecule has 1 aliphatic rings. The zero-order valence-electron chi connectivity index (χ0n) is 19.0. The number of urea groups is 1. The van der Waals surface area contributed by atoms with Crippen LogP contribution in [0, 0.1) is 31.0 Å². The summed E-state index contributed by atoms with van der Waals surface area (Å²) >= 11 is 0. The van der Waals surface area contributed by atoms with Crippen LogP contribution in [-0.2, 0) is 11.3 Å². The molecular weight excluding hydrogens is 411 g/mol. The van der Waals surface area contributed by atoms with E-state index in [0.29, 0.717) is 44.1 Å². The molecule has 3 amide bonds. The molecule has 0 unspecified atom stereocenters. The van der Waals surface area contributed by atoms with E-state index in [1.165, 1.54) is 12.1 Å². The van der Waals surface area contributed by atoms with Crippen LogP contribution in [-0.4, -0.2) is 78.0 Å². The second-order valence-corrected chi connectivity index (χ2v) is 8.25. The number of anilines is 1. The summed E-state index contributed by atoms with van der Waals surface area (Å²) in [5, 5.41) is 12.6. The lowest BCUT2D eigenvalue weighted by atomic mass is 10.2. The summed E-state index contributed by atoms with van der Waals surface area (Å²) in [5.74, 6) is -0.0715. The molecule has 1 aromatic carbocycles. The van der Waals surface area contributed by atoms with Crippen molar-refractivity contribution in [2.75, 3.05) is 52.1 Å². The Morgan fingerprint density at radius 1 is 1.12 bits per heavy atom. The van der Waals surface area contributed by atoms with E-state index in [9.17, 15) is 19.2 Å². The second-order valence-electron chi connectivity index (χ2n) is 8.25. The van der Waals surface area contributed by atoms with Gasteiger partial charge in [-0.15, -0.1) is 0 Å². The summed E-state index contributed by atoms with van der Waals surface area (Å²) in [4.78, 5) is 30.2. The first-order valence-corrected chi connectivity index (χ1v) is 10.5. The Kier molecular flexibility index (Phi) is 7.15. The van der Waals surface area contributed by atoms with Gasteiger partial charge in [0, 0.05) is 52.5 Å². The Morgan fingerprint density at radius 3 is 2.31 bits per heavy atom. The lowest BCUT2D eigenvalue weighted by molar-refractivity contribution is -0.117. The number of carbonyl (C=O) groups excluding carboxylic acids is 2. The highest BCUT2D eigenvalue weighted by Gasteiger charge is 2.25. The Morgan fingerprint density at radius 2 is 1.75 bits per heavy atom. The van der Waals surface area contributed by atoms with Gasteiger partial charge in [-0.2, -0.15) is 5.26 Å². The van der Waals surface area contributed by atoms with Gasteiger partial charge in [0.15, 0.2) is 0 Å². The first kappa shape index (κ1) is 23.3. The van der Waals surface area contributed by atoms with E-state index in [2.05, 4.69) is 11.4 Å². The topological polar surface area (TPSA) is 84.6 Å². The van der Waals surface area contributed by atoms with Gasteiger partial charge in [0.2, 0.25) is 5.91 Å². The number of rotatable bonds is 5. The Hall–Kier alpha value is -3.38. The molecule has 1 saturated heterocycles. The first-order valence-electron chi connectivity index (χ1n) is 10.5. The van der Waals surface area contributed by atoms with E-state index >= 15 is 0 Å². The molecule has 32 heavy (non-hydrogen) atoms. The maximum Gasteiger partial charge on any atom is 0.319 e. The quantitative estimate of drug-likeness (QED) is 0.774. The highest BCUT2D eigenvalue weighted by Crippen LogP contribution is 2.27. The largest absolute Gasteiger partial charge is 0.331 e. The third-order valence-corrected chi connectivity index (χ3v) is 5.85. The third kappa shape index (κ3) is 5.08. The number of aromatic nitrogens is 1. The highest BCUT2D eigenvalue weighted by molar-refractivity contribution is 5.93. The standard InChI is InChI=1S/C23H29FN6O2/c1-16-17(2)30(14-18-5-7-19(24)8-6-18)22(20(16)13-25)26-21(31)15-28-9-11-29(12-10-28)23(32)27(3)4/h5-8H,9-12,14-15H2,1-4H3,(H,26,31). The van der Waals surface area contributed by atoms with Crippen molar-refractivity contribution in [2.24, 2.45) is 0 Å². The lowest BCUT2D eigenvalue weighted by Crippen LogP contribution is -2.52. The van der Waals surface area contributed by atoms with E-state index < -0.39 is 0 Å². The minimum atomic E-state index is -0.312. The zero-order valence-corrected chi connectivity index (χ0v) is 19.0. The van der Waals surface area contributed by atoms with Crippen LogP contribution in [0.25, 0.3) is 0 Å². The number of hydrogen-bond acceptors (Lipinski definition) is 4. The summed E-state index contributed by atoms with van der Waals surface area (Å²) in [6.07, 6.45) is 0. The summed E-state index contributed by atoms with van der Waals surface area (Å²) in [7, 11) is 3.44. The van der Waals surface area contributed by atoms with Crippen molar-refractivity contribution in [3.63, 3.8) is 0 Å². The van der Waals surface area contributed by atoms with Crippen LogP contribution in [0.1, 0.15) is 22.4 Å². The van der Waals surface area contributed by atoms with Gasteiger partial charge in [-0.25, -0.2) is 9.18 Å². The molecule has 1 aromatic heterocycles. The van der Waals surface area contributed by atoms with Gasteiger partial charge in [0.1, 0.15) is 17.7 Å². The number of amides is 3. The summed E-state index contributed by atoms with van der Waals surface area (Å²) in [6, 6.07) is 8.34. The molecule has 2 aromatic rings. The van der Waals surface area contributed by atoms with Crippen LogP contribution >= 0.6 is 0 Å². The molecule has 3 rings (SSSR count). The molecule has 0 bridgehead atoms. The predicted octanol–water partition coefficient (Wildman–Crippen LogP) is 2.40. The van der Waals surface area contributed by atoms with Gasteiger partial charge in [0.25, 0.3) is 0 Å². The van der Waals surface area contributed by atoms with Crippen molar-refractivity contribution in [2.45, 2.75) is 20.4 Å². The Balaban J connectivity index is 1.70. The maximum atomic E-state index is 13.3. The first-order chi connectivity index (χ1) is 15.2. The van der Waals surface area contributed by atoms with E-state index in [0.717, 1.165) is 16.8 Å². The number of hydrogen-bond donors (Lipinski definition) is 1. The van der Waals surface area contributed by atoms with Crippen LogP contribution in [0.3, 0.4) is 0 Å². The normalized spacial score (nSPS) is 14.2. The molecule has 1 N–H and O–H groups in total. The number of piperazine rings is 1. The SMILES string of the molecule is Cc1c(C#N)c(NC(=O)CN2CCN(C(=O)N(C)C)CC2)n(Cc2ccc(F)cc2)c1C. The Labute approximate surface area is 187 Å². The number of halogens is 1. The molecule has 0 atom stereocenters. The zero-order chi connectivity index (χ0) is 23.4. The number of carbonyl (C=O) groups is 2. The monoisotopic (exact) mass is 440 g/mol. The van der Waals surface area contributed by atoms with Gasteiger partial charge in [-0.3, -0.25) is 9.69 Å². The molecule has 170 valence electrons. The molecule has 1 aliphatic heterocycles. The van der Waals surface area contributed by atoms with Gasteiger partial charge < -0.3 is 19.7 Å². The molecule has 9 heteroatoms. The lowest BCUT2D eigenvalue weighted by Gasteiger charge is -2.35. The van der Waals surface area contributed by atoms with Gasteiger partial charge in [-0.05, 0) is 37.1 Å². The average molecular weight is 441 g/mol. The molecule has 0 spiro atoms. The number of nitrogens with zero attached hydrogens (tertiary/aromatic N) is 5. The van der Waals surface area contributed by atoms with Gasteiger partial charge in [-0.1, -0.05) is 12.1 Å². The fourth-order valence-electron chi connectivity index (χ4n) is 3.86. The van der Waals surface area contributed by atoms with Crippen molar-refractivity contribution in [1.82, 2.24) is 19.3 Å². The van der Waals surface area contributed by atoms with Crippen molar-refractivity contribution in [3.8, 4) is 6.07 Å². The number of nitrogens with one attached hydrogen (secondary N) is 1. The minimum Gasteiger partial charge on any atom is -0.331 e. The molecule has 0 saturated carbocycles. The molecule has 0 radical (unpaired) electrons. The molecule has 0 aliphatic carbocycles. The van der Waals surface area contributed by atoms with E-state index in [1.54, 1.807) is 36.0 Å². The van der Waals surface area contributed by atoms with Crippen LogP contribution in [0.4, 0.5) is 15.0 Å². The molecule has 8 nitrogen and oxygen atoms in total. The summed E-state index contributed by atoms with van der Waals surface area (Å²) < 4.78 is 15.2. The smallest absolute Gasteiger partial charge is 0.319 e. The molecule has 2 heterocycles. The number of benzene rings is 1. The van der Waals surface area contributed by atoms with Gasteiger partial charge in [0.05, 0.1) is 12.1 Å². The molecular formula is C23H29FN6O2.